The maximum Gasteiger partial charge on any atom is 0.407 e. The maximum atomic E-state index is 13.8. The number of likely N-dealkylation sites (tertiary alicyclic amines) is 1. The highest BCUT2D eigenvalue weighted by molar-refractivity contribution is 5.65. The molecule has 1 fully saturated rings. The highest BCUT2D eigenvalue weighted by atomic mass is 19.1. The van der Waals surface area contributed by atoms with Crippen molar-refractivity contribution in [3.05, 3.63) is 60.6 Å². The first-order valence-electron chi connectivity index (χ1n) is 10.6. The average molecular weight is 448 g/mol. The minimum atomic E-state index is -0.857. The number of piperidine rings is 1. The summed E-state index contributed by atoms with van der Waals surface area (Å²) in [5.41, 5.74) is 3.07. The first kappa shape index (κ1) is 20.7. The number of halogens is 1. The highest BCUT2D eigenvalue weighted by Gasteiger charge is 2.23. The van der Waals surface area contributed by atoms with Crippen LogP contribution in [0.5, 0.6) is 0 Å². The molecule has 11 heteroatoms. The van der Waals surface area contributed by atoms with Crippen molar-refractivity contribution in [3.63, 3.8) is 0 Å². The zero-order valence-electron chi connectivity index (χ0n) is 17.6. The summed E-state index contributed by atoms with van der Waals surface area (Å²) >= 11 is 0. The molecule has 0 radical (unpaired) electrons. The van der Waals surface area contributed by atoms with Gasteiger partial charge in [0.25, 0.3) is 0 Å². The minimum absolute atomic E-state index is 0.0561. The lowest BCUT2D eigenvalue weighted by molar-refractivity contribution is 0.124. The van der Waals surface area contributed by atoms with Crippen LogP contribution in [0, 0.1) is 11.7 Å². The second kappa shape index (κ2) is 8.77. The monoisotopic (exact) mass is 448 g/mol. The van der Waals surface area contributed by atoms with E-state index in [1.165, 1.54) is 23.2 Å². The summed E-state index contributed by atoms with van der Waals surface area (Å²) in [6, 6.07) is 6.69. The van der Waals surface area contributed by atoms with E-state index in [0.29, 0.717) is 30.2 Å². The molecule has 4 aromatic heterocycles. The number of anilines is 2. The number of pyridine rings is 1. The van der Waals surface area contributed by atoms with Crippen molar-refractivity contribution in [3.8, 4) is 11.3 Å². The minimum Gasteiger partial charge on any atom is -0.465 e. The number of carboxylic acid groups (broad SMARTS) is 1. The molecule has 5 rings (SSSR count). The van der Waals surface area contributed by atoms with Crippen LogP contribution in [0.4, 0.5) is 21.0 Å². The standard InChI is InChI=1S/C22H21FN8O2/c23-17-2-1-7-24-20(17)28-21-26-11-15(12-27-21)18-13-25-19-4-3-16(29-31(18)19)10-14-5-8-30(9-6-14)22(32)33/h1-4,7,11-14H,5-6,8-10H2,(H,32,33)(H,24,26,27,28). The predicted octanol–water partition coefficient (Wildman–Crippen LogP) is 3.40. The van der Waals surface area contributed by atoms with E-state index in [1.54, 1.807) is 23.1 Å². The van der Waals surface area contributed by atoms with E-state index in [2.05, 4.69) is 25.3 Å². The molecule has 0 spiro atoms. The number of nitrogens with zero attached hydrogens (tertiary/aromatic N) is 7. The fourth-order valence-corrected chi connectivity index (χ4v) is 3.95. The number of imidazole rings is 1. The van der Waals surface area contributed by atoms with E-state index < -0.39 is 11.9 Å². The Hall–Kier alpha value is -4.15. The Kier molecular flexibility index (Phi) is 5.51. The molecule has 168 valence electrons. The number of rotatable bonds is 5. The van der Waals surface area contributed by atoms with Gasteiger partial charge in [0, 0.05) is 37.2 Å². The lowest BCUT2D eigenvalue weighted by Crippen LogP contribution is -2.37. The topological polar surface area (TPSA) is 121 Å². The van der Waals surface area contributed by atoms with Crippen LogP contribution in [-0.2, 0) is 6.42 Å². The van der Waals surface area contributed by atoms with Crippen molar-refractivity contribution in [2.75, 3.05) is 18.4 Å². The molecular weight excluding hydrogens is 427 g/mol. The summed E-state index contributed by atoms with van der Waals surface area (Å²) in [4.78, 5) is 29.4. The van der Waals surface area contributed by atoms with Crippen LogP contribution in [0.25, 0.3) is 16.9 Å². The van der Waals surface area contributed by atoms with E-state index in [0.717, 1.165) is 30.7 Å². The Morgan fingerprint density at radius 2 is 1.88 bits per heavy atom. The molecule has 0 aliphatic carbocycles. The number of hydrogen-bond acceptors (Lipinski definition) is 7. The maximum absolute atomic E-state index is 13.8. The normalized spacial score (nSPS) is 14.5. The summed E-state index contributed by atoms with van der Waals surface area (Å²) in [6.45, 7) is 1.11. The highest BCUT2D eigenvalue weighted by Crippen LogP contribution is 2.23. The molecule has 0 aromatic carbocycles. The number of fused-ring (bicyclic) bond motifs is 1. The lowest BCUT2D eigenvalue weighted by Gasteiger charge is -2.29. The van der Waals surface area contributed by atoms with Crippen molar-refractivity contribution in [2.24, 2.45) is 5.92 Å². The van der Waals surface area contributed by atoms with E-state index in [9.17, 15) is 9.18 Å². The van der Waals surface area contributed by atoms with E-state index in [4.69, 9.17) is 10.2 Å². The second-order valence-electron chi connectivity index (χ2n) is 7.91. The first-order chi connectivity index (χ1) is 16.1. The zero-order valence-corrected chi connectivity index (χ0v) is 17.6. The fraction of sp³-hybridized carbons (Fsp3) is 0.273. The third-order valence-electron chi connectivity index (χ3n) is 5.74. The smallest absolute Gasteiger partial charge is 0.407 e. The Morgan fingerprint density at radius 1 is 1.09 bits per heavy atom. The predicted molar refractivity (Wildman–Crippen MR) is 118 cm³/mol. The van der Waals surface area contributed by atoms with Crippen LogP contribution in [0.2, 0.25) is 0 Å². The molecule has 5 heterocycles. The van der Waals surface area contributed by atoms with E-state index >= 15 is 0 Å². The first-order valence-corrected chi connectivity index (χ1v) is 10.6. The van der Waals surface area contributed by atoms with Gasteiger partial charge in [-0.1, -0.05) is 0 Å². The summed E-state index contributed by atoms with van der Waals surface area (Å²) in [7, 11) is 0. The number of carbonyl (C=O) groups is 1. The Balaban J connectivity index is 1.32. The van der Waals surface area contributed by atoms with Crippen LogP contribution in [0.1, 0.15) is 18.5 Å². The van der Waals surface area contributed by atoms with Crippen LogP contribution >= 0.6 is 0 Å². The third-order valence-corrected chi connectivity index (χ3v) is 5.74. The van der Waals surface area contributed by atoms with Crippen LogP contribution in [-0.4, -0.2) is 58.7 Å². The van der Waals surface area contributed by atoms with E-state index in [1.807, 2.05) is 12.1 Å². The van der Waals surface area contributed by atoms with E-state index in [-0.39, 0.29) is 11.8 Å². The van der Waals surface area contributed by atoms with Gasteiger partial charge in [0.05, 0.1) is 17.6 Å². The molecule has 1 aliphatic heterocycles. The number of amides is 1. The lowest BCUT2D eigenvalue weighted by atomic mass is 9.92. The SMILES string of the molecule is O=C(O)N1CCC(Cc2ccc3ncc(-c4cnc(Nc5ncccc5F)nc4)n3n2)CC1. The number of nitrogens with one attached hydrogen (secondary N) is 1. The third kappa shape index (κ3) is 4.43. The molecular formula is C22H21FN8O2. The summed E-state index contributed by atoms with van der Waals surface area (Å²) in [5.74, 6) is 0.183. The Bertz CT molecular complexity index is 1290. The van der Waals surface area contributed by atoms with Gasteiger partial charge in [0.2, 0.25) is 5.95 Å². The van der Waals surface area contributed by atoms with Crippen molar-refractivity contribution in [2.45, 2.75) is 19.3 Å². The van der Waals surface area contributed by atoms with Gasteiger partial charge in [-0.3, -0.25) is 0 Å². The van der Waals surface area contributed by atoms with Crippen LogP contribution in [0.15, 0.2) is 49.1 Å². The van der Waals surface area contributed by atoms with Gasteiger partial charge in [-0.25, -0.2) is 33.6 Å². The van der Waals surface area contributed by atoms with Crippen molar-refractivity contribution >= 4 is 23.5 Å². The van der Waals surface area contributed by atoms with Gasteiger partial charge in [0.1, 0.15) is 0 Å². The number of aromatic nitrogens is 6. The summed E-state index contributed by atoms with van der Waals surface area (Å²) < 4.78 is 15.5. The molecule has 0 unspecified atom stereocenters. The van der Waals surface area contributed by atoms with Gasteiger partial charge >= 0.3 is 6.09 Å². The molecule has 1 amide bonds. The zero-order chi connectivity index (χ0) is 22.8. The van der Waals surface area contributed by atoms with Gasteiger partial charge < -0.3 is 15.3 Å². The van der Waals surface area contributed by atoms with Crippen molar-refractivity contribution < 1.29 is 14.3 Å². The van der Waals surface area contributed by atoms with Crippen molar-refractivity contribution in [1.29, 1.82) is 0 Å². The molecule has 0 saturated carbocycles. The van der Waals surface area contributed by atoms with Gasteiger partial charge in [-0.05, 0) is 49.4 Å². The van der Waals surface area contributed by atoms with Gasteiger partial charge in [-0.2, -0.15) is 5.10 Å². The van der Waals surface area contributed by atoms with Gasteiger partial charge in [-0.15, -0.1) is 0 Å². The summed E-state index contributed by atoms with van der Waals surface area (Å²) in [6.07, 6.45) is 7.99. The van der Waals surface area contributed by atoms with Crippen LogP contribution in [0.3, 0.4) is 0 Å². The Morgan fingerprint density at radius 3 is 2.61 bits per heavy atom. The molecule has 10 nitrogen and oxygen atoms in total. The molecule has 2 N–H and O–H groups in total. The average Bonchev–Trinajstić information content (AvgIpc) is 3.25. The quantitative estimate of drug-likeness (QED) is 0.476. The largest absolute Gasteiger partial charge is 0.465 e. The molecule has 0 atom stereocenters. The molecule has 4 aromatic rings. The summed E-state index contributed by atoms with van der Waals surface area (Å²) in [5, 5.41) is 16.6. The second-order valence-corrected chi connectivity index (χ2v) is 7.91. The molecule has 0 bridgehead atoms. The number of hydrogen-bond donors (Lipinski definition) is 2. The van der Waals surface area contributed by atoms with Crippen LogP contribution < -0.4 is 5.32 Å². The molecule has 33 heavy (non-hydrogen) atoms. The Labute approximate surface area is 188 Å². The molecule has 1 aliphatic rings. The fourth-order valence-electron chi connectivity index (χ4n) is 3.95. The van der Waals surface area contributed by atoms with Crippen molar-refractivity contribution in [1.82, 2.24) is 34.4 Å². The molecule has 1 saturated heterocycles. The van der Waals surface area contributed by atoms with Gasteiger partial charge in [0.15, 0.2) is 17.3 Å².